The zero-order valence-corrected chi connectivity index (χ0v) is 15.1. The molecule has 0 radical (unpaired) electrons. The van der Waals surface area contributed by atoms with Crippen molar-refractivity contribution in [2.45, 2.75) is 45.5 Å². The fourth-order valence-corrected chi connectivity index (χ4v) is 2.55. The molecule has 0 atom stereocenters. The van der Waals surface area contributed by atoms with E-state index in [4.69, 9.17) is 14.0 Å². The van der Waals surface area contributed by atoms with E-state index in [1.807, 2.05) is 64.1 Å². The van der Waals surface area contributed by atoms with E-state index in [-0.39, 0.29) is 5.43 Å². The first-order chi connectivity index (χ1) is 11.8. The Morgan fingerprint density at radius 3 is 2.12 bits per heavy atom. The number of hydrogen-bond donors (Lipinski definition) is 0. The summed E-state index contributed by atoms with van der Waals surface area (Å²) >= 11 is 0. The topological polar surface area (TPSA) is 44.8 Å². The Bertz CT molecular complexity index is 786. The van der Waals surface area contributed by atoms with Crippen LogP contribution in [0.2, 0.25) is 0 Å². The van der Waals surface area contributed by atoms with Crippen molar-refractivity contribution >= 4 is 12.6 Å². The molecular weight excluding hydrogens is 315 g/mol. The van der Waals surface area contributed by atoms with Gasteiger partial charge in [-0.2, -0.15) is 0 Å². The molecule has 0 aliphatic carbocycles. The van der Waals surface area contributed by atoms with Crippen LogP contribution in [-0.4, -0.2) is 18.3 Å². The minimum Gasteiger partial charge on any atom is -0.485 e. The fraction of sp³-hybridized carbons (Fsp3) is 0.350. The van der Waals surface area contributed by atoms with Crippen molar-refractivity contribution in [2.24, 2.45) is 0 Å². The van der Waals surface area contributed by atoms with Gasteiger partial charge in [0.1, 0.15) is 6.61 Å². The highest BCUT2D eigenvalue weighted by Gasteiger charge is 2.51. The van der Waals surface area contributed by atoms with Gasteiger partial charge in [0.25, 0.3) is 0 Å². The van der Waals surface area contributed by atoms with Gasteiger partial charge in [-0.15, -0.1) is 0 Å². The van der Waals surface area contributed by atoms with Gasteiger partial charge in [-0.05, 0) is 50.9 Å². The van der Waals surface area contributed by atoms with Crippen LogP contribution in [0.5, 0.6) is 5.75 Å². The third kappa shape index (κ3) is 3.78. The van der Waals surface area contributed by atoms with E-state index in [0.29, 0.717) is 12.4 Å². The third-order valence-corrected chi connectivity index (χ3v) is 4.86. The second kappa shape index (κ2) is 6.66. The molecule has 130 valence electrons. The van der Waals surface area contributed by atoms with Gasteiger partial charge in [0.2, 0.25) is 5.43 Å². The number of ether oxygens (including phenoxy) is 1. The Morgan fingerprint density at radius 2 is 1.48 bits per heavy atom. The van der Waals surface area contributed by atoms with Crippen molar-refractivity contribution in [1.82, 2.24) is 0 Å². The minimum absolute atomic E-state index is 0.168. The van der Waals surface area contributed by atoms with E-state index in [1.54, 1.807) is 12.1 Å². The van der Waals surface area contributed by atoms with Crippen LogP contribution < -0.4 is 15.6 Å². The normalized spacial score (nSPS) is 18.2. The minimum atomic E-state index is -0.501. The fourth-order valence-electron chi connectivity index (χ4n) is 2.55. The molecule has 0 amide bonds. The average molecular weight is 338 g/mol. The summed E-state index contributed by atoms with van der Waals surface area (Å²) in [6.45, 7) is 8.37. The SMILES string of the molecule is CC1(C)OB(c2ccc(OCc3ccccc3)c(=O)cc2)OC1(C)C. The van der Waals surface area contributed by atoms with Crippen LogP contribution in [-0.2, 0) is 15.9 Å². The number of hydrogen-bond acceptors (Lipinski definition) is 4. The van der Waals surface area contributed by atoms with Gasteiger partial charge in [-0.1, -0.05) is 42.5 Å². The molecule has 0 saturated carbocycles. The van der Waals surface area contributed by atoms with E-state index >= 15 is 0 Å². The molecule has 2 aromatic rings. The molecule has 2 aromatic carbocycles. The van der Waals surface area contributed by atoms with Crippen molar-refractivity contribution in [3.63, 3.8) is 0 Å². The van der Waals surface area contributed by atoms with Crippen molar-refractivity contribution in [2.75, 3.05) is 0 Å². The molecule has 0 aromatic heterocycles. The van der Waals surface area contributed by atoms with Crippen LogP contribution in [0.25, 0.3) is 0 Å². The molecule has 25 heavy (non-hydrogen) atoms. The molecule has 0 unspecified atom stereocenters. The second-order valence-electron chi connectivity index (χ2n) is 7.26. The number of benzene rings is 1. The lowest BCUT2D eigenvalue weighted by Crippen LogP contribution is -2.41. The van der Waals surface area contributed by atoms with E-state index in [1.165, 1.54) is 6.07 Å². The summed E-state index contributed by atoms with van der Waals surface area (Å²) in [6.07, 6.45) is 0. The van der Waals surface area contributed by atoms with Crippen molar-refractivity contribution in [3.05, 3.63) is 70.4 Å². The van der Waals surface area contributed by atoms with Crippen LogP contribution in [0.4, 0.5) is 0 Å². The van der Waals surface area contributed by atoms with E-state index in [0.717, 1.165) is 11.0 Å². The summed E-state index contributed by atoms with van der Waals surface area (Å²) in [5.74, 6) is 0.312. The molecule has 1 saturated heterocycles. The lowest BCUT2D eigenvalue weighted by Gasteiger charge is -2.32. The molecule has 3 rings (SSSR count). The Hall–Kier alpha value is -2.11. The van der Waals surface area contributed by atoms with Gasteiger partial charge >= 0.3 is 7.12 Å². The Kier molecular flexibility index (Phi) is 4.72. The third-order valence-electron chi connectivity index (χ3n) is 4.86. The first kappa shape index (κ1) is 17.7. The van der Waals surface area contributed by atoms with Gasteiger partial charge in [0.05, 0.1) is 11.2 Å². The smallest absolute Gasteiger partial charge is 0.485 e. The molecule has 1 aliphatic heterocycles. The quantitative estimate of drug-likeness (QED) is 0.804. The zero-order chi connectivity index (χ0) is 18.1. The predicted molar refractivity (Wildman–Crippen MR) is 99.2 cm³/mol. The lowest BCUT2D eigenvalue weighted by molar-refractivity contribution is 0.00578. The molecule has 0 spiro atoms. The maximum Gasteiger partial charge on any atom is 0.494 e. The Labute approximate surface area is 148 Å². The summed E-state index contributed by atoms with van der Waals surface area (Å²) in [6, 6.07) is 16.5. The second-order valence-corrected chi connectivity index (χ2v) is 7.26. The zero-order valence-electron chi connectivity index (χ0n) is 15.1. The first-order valence-electron chi connectivity index (χ1n) is 8.45. The Balaban J connectivity index is 1.79. The molecule has 0 bridgehead atoms. The van der Waals surface area contributed by atoms with Crippen LogP contribution in [0.1, 0.15) is 33.3 Å². The van der Waals surface area contributed by atoms with E-state index < -0.39 is 18.3 Å². The van der Waals surface area contributed by atoms with Gasteiger partial charge in [0, 0.05) is 0 Å². The van der Waals surface area contributed by atoms with Crippen LogP contribution in [0.15, 0.2) is 59.4 Å². The summed E-state index contributed by atoms with van der Waals surface area (Å²) in [5, 5.41) is 0. The lowest BCUT2D eigenvalue weighted by atomic mass is 9.80. The van der Waals surface area contributed by atoms with Gasteiger partial charge in [-0.3, -0.25) is 4.79 Å². The van der Waals surface area contributed by atoms with Crippen LogP contribution in [0.3, 0.4) is 0 Å². The van der Waals surface area contributed by atoms with E-state index in [2.05, 4.69) is 0 Å². The van der Waals surface area contributed by atoms with Gasteiger partial charge in [0.15, 0.2) is 5.75 Å². The highest BCUT2D eigenvalue weighted by molar-refractivity contribution is 6.62. The van der Waals surface area contributed by atoms with Crippen LogP contribution >= 0.6 is 0 Å². The highest BCUT2D eigenvalue weighted by Crippen LogP contribution is 2.36. The van der Waals surface area contributed by atoms with Crippen molar-refractivity contribution in [1.29, 1.82) is 0 Å². The Morgan fingerprint density at radius 1 is 0.880 bits per heavy atom. The molecule has 4 nitrogen and oxygen atoms in total. The highest BCUT2D eigenvalue weighted by atomic mass is 16.7. The molecule has 1 heterocycles. The molecule has 1 fully saturated rings. The molecule has 5 heteroatoms. The van der Waals surface area contributed by atoms with Crippen LogP contribution in [0, 0.1) is 0 Å². The monoisotopic (exact) mass is 338 g/mol. The van der Waals surface area contributed by atoms with Gasteiger partial charge in [-0.25, -0.2) is 0 Å². The van der Waals surface area contributed by atoms with E-state index in [9.17, 15) is 4.79 Å². The first-order valence-corrected chi connectivity index (χ1v) is 8.45. The largest absolute Gasteiger partial charge is 0.494 e. The summed E-state index contributed by atoms with van der Waals surface area (Å²) in [7, 11) is -0.501. The van der Waals surface area contributed by atoms with Gasteiger partial charge < -0.3 is 14.0 Å². The standard InChI is InChI=1S/C20H23BO4/c1-19(2)20(3,4)25-21(24-19)16-10-12-17(22)18(13-11-16)23-14-15-8-6-5-7-9-15/h5-13H,14H2,1-4H3. The molecule has 0 N–H and O–H groups in total. The maximum absolute atomic E-state index is 12.3. The average Bonchev–Trinajstić information content (AvgIpc) is 2.69. The summed E-state index contributed by atoms with van der Waals surface area (Å²) in [5.41, 5.74) is 0.807. The number of rotatable bonds is 4. The molecule has 1 aliphatic rings. The summed E-state index contributed by atoms with van der Waals surface area (Å²) in [4.78, 5) is 12.3. The summed E-state index contributed by atoms with van der Waals surface area (Å²) < 4.78 is 17.8. The van der Waals surface area contributed by atoms with Crippen molar-refractivity contribution in [3.8, 4) is 5.75 Å². The predicted octanol–water partition coefficient (Wildman–Crippen LogP) is 2.93. The maximum atomic E-state index is 12.3. The van der Waals surface area contributed by atoms with Crippen molar-refractivity contribution < 1.29 is 14.0 Å². The molecular formula is C20H23BO4.